The third-order valence-corrected chi connectivity index (χ3v) is 4.31. The van der Waals surface area contributed by atoms with Crippen molar-refractivity contribution < 1.29 is 14.7 Å². The zero-order valence-corrected chi connectivity index (χ0v) is 12.7. The molecule has 1 N–H and O–H groups in total. The molecule has 4 heteroatoms. The highest BCUT2D eigenvalue weighted by Gasteiger charge is 2.23. The van der Waals surface area contributed by atoms with Crippen LogP contribution in [0.25, 0.3) is 0 Å². The molecule has 0 spiro atoms. The molecule has 114 valence electrons. The Morgan fingerprint density at radius 1 is 1.33 bits per heavy atom. The third kappa shape index (κ3) is 4.06. The van der Waals surface area contributed by atoms with E-state index in [1.54, 1.807) is 18.9 Å². The molecule has 0 aliphatic heterocycles. The summed E-state index contributed by atoms with van der Waals surface area (Å²) >= 11 is 0. The Hall–Kier alpha value is -1.84. The number of benzene rings is 1. The van der Waals surface area contributed by atoms with E-state index in [4.69, 9.17) is 5.11 Å². The summed E-state index contributed by atoms with van der Waals surface area (Å²) in [5.74, 6) is -0.963. The first kappa shape index (κ1) is 15.5. The third-order valence-electron chi connectivity index (χ3n) is 4.31. The lowest BCUT2D eigenvalue weighted by molar-refractivity contribution is -0.142. The summed E-state index contributed by atoms with van der Waals surface area (Å²) in [4.78, 5) is 24.6. The van der Waals surface area contributed by atoms with Crippen LogP contribution in [0.3, 0.4) is 0 Å². The smallest absolute Gasteiger partial charge is 0.308 e. The first-order chi connectivity index (χ1) is 9.97. The van der Waals surface area contributed by atoms with E-state index >= 15 is 0 Å². The van der Waals surface area contributed by atoms with E-state index in [1.807, 2.05) is 6.07 Å². The zero-order valence-electron chi connectivity index (χ0n) is 12.7. The zero-order chi connectivity index (χ0) is 15.4. The maximum atomic E-state index is 12.2. The molecule has 1 aliphatic rings. The highest BCUT2D eigenvalue weighted by Crippen LogP contribution is 2.27. The summed E-state index contributed by atoms with van der Waals surface area (Å²) in [5.41, 5.74) is 2.75. The van der Waals surface area contributed by atoms with Gasteiger partial charge in [-0.25, -0.2) is 0 Å². The summed E-state index contributed by atoms with van der Waals surface area (Å²) in [6.45, 7) is 1.90. The Kier molecular flexibility index (Phi) is 4.99. The van der Waals surface area contributed by atoms with Crippen molar-refractivity contribution in [2.24, 2.45) is 11.8 Å². The Bertz CT molecular complexity index is 527. The number of carbonyl (C=O) groups excluding carboxylic acids is 1. The molecule has 1 aliphatic carbocycles. The topological polar surface area (TPSA) is 57.6 Å². The minimum absolute atomic E-state index is 0.0486. The minimum atomic E-state index is -0.860. The van der Waals surface area contributed by atoms with Crippen LogP contribution in [-0.4, -0.2) is 35.5 Å². The van der Waals surface area contributed by atoms with Crippen molar-refractivity contribution in [3.05, 3.63) is 35.4 Å². The second kappa shape index (κ2) is 6.74. The van der Waals surface area contributed by atoms with Crippen LogP contribution >= 0.6 is 0 Å². The molecule has 2 rings (SSSR count). The molecule has 21 heavy (non-hydrogen) atoms. The van der Waals surface area contributed by atoms with Gasteiger partial charge in [0.05, 0.1) is 5.92 Å². The van der Waals surface area contributed by atoms with Gasteiger partial charge in [-0.05, 0) is 36.3 Å². The van der Waals surface area contributed by atoms with Crippen molar-refractivity contribution in [2.45, 2.75) is 32.6 Å². The van der Waals surface area contributed by atoms with Gasteiger partial charge in [-0.15, -0.1) is 0 Å². The monoisotopic (exact) mass is 289 g/mol. The number of aliphatic carboxylic acids is 1. The molecule has 0 radical (unpaired) electrons. The summed E-state index contributed by atoms with van der Waals surface area (Å²) in [6.07, 6.45) is 3.52. The van der Waals surface area contributed by atoms with Crippen LogP contribution in [-0.2, 0) is 22.4 Å². The molecular formula is C17H23NO3. The predicted octanol–water partition coefficient (Wildman–Crippen LogP) is 2.36. The maximum absolute atomic E-state index is 12.2. The number of hydrogen-bond acceptors (Lipinski definition) is 2. The van der Waals surface area contributed by atoms with E-state index in [0.29, 0.717) is 12.3 Å². The molecule has 0 bridgehead atoms. The van der Waals surface area contributed by atoms with Crippen molar-refractivity contribution in [2.75, 3.05) is 13.6 Å². The Labute approximate surface area is 125 Å². The van der Waals surface area contributed by atoms with Gasteiger partial charge < -0.3 is 10.0 Å². The summed E-state index contributed by atoms with van der Waals surface area (Å²) in [5, 5.41) is 8.91. The maximum Gasteiger partial charge on any atom is 0.308 e. The van der Waals surface area contributed by atoms with Gasteiger partial charge in [-0.3, -0.25) is 9.59 Å². The summed E-state index contributed by atoms with van der Waals surface area (Å²) < 4.78 is 0. The van der Waals surface area contributed by atoms with Crippen LogP contribution in [0, 0.1) is 11.8 Å². The van der Waals surface area contributed by atoms with E-state index < -0.39 is 11.9 Å². The first-order valence-corrected chi connectivity index (χ1v) is 7.51. The lowest BCUT2D eigenvalue weighted by atomic mass is 9.82. The standard InChI is InChI=1S/C17H23NO3/c1-12(17(20)21)11-18(2)16(19)10-13-7-8-14-5-3-4-6-15(14)9-13/h3-6,12-13H,7-11H2,1-2H3,(H,20,21). The summed E-state index contributed by atoms with van der Waals surface area (Å²) in [7, 11) is 1.69. The molecule has 2 unspecified atom stereocenters. The molecular weight excluding hydrogens is 266 g/mol. The second-order valence-corrected chi connectivity index (χ2v) is 6.10. The van der Waals surface area contributed by atoms with Crippen molar-refractivity contribution in [3.63, 3.8) is 0 Å². The van der Waals surface area contributed by atoms with Crippen molar-refractivity contribution in [3.8, 4) is 0 Å². The predicted molar refractivity (Wildman–Crippen MR) is 81.0 cm³/mol. The van der Waals surface area contributed by atoms with Gasteiger partial charge in [-0.1, -0.05) is 31.2 Å². The quantitative estimate of drug-likeness (QED) is 0.905. The lowest BCUT2D eigenvalue weighted by Crippen LogP contribution is -2.35. The van der Waals surface area contributed by atoms with Crippen LogP contribution in [0.5, 0.6) is 0 Å². The number of nitrogens with zero attached hydrogens (tertiary/aromatic N) is 1. The molecule has 0 heterocycles. The fourth-order valence-electron chi connectivity index (χ4n) is 2.94. The molecule has 1 aromatic rings. The van der Waals surface area contributed by atoms with E-state index in [2.05, 4.69) is 18.2 Å². The van der Waals surface area contributed by atoms with Gasteiger partial charge in [0.2, 0.25) is 5.91 Å². The second-order valence-electron chi connectivity index (χ2n) is 6.10. The van der Waals surface area contributed by atoms with E-state index in [9.17, 15) is 9.59 Å². The van der Waals surface area contributed by atoms with Crippen LogP contribution < -0.4 is 0 Å². The van der Waals surface area contributed by atoms with Gasteiger partial charge in [-0.2, -0.15) is 0 Å². The van der Waals surface area contributed by atoms with Crippen molar-refractivity contribution >= 4 is 11.9 Å². The van der Waals surface area contributed by atoms with Gasteiger partial charge >= 0.3 is 5.97 Å². The fraction of sp³-hybridized carbons (Fsp3) is 0.529. The van der Waals surface area contributed by atoms with Crippen LogP contribution in [0.1, 0.15) is 30.9 Å². The number of carbonyl (C=O) groups is 2. The van der Waals surface area contributed by atoms with Gasteiger partial charge in [0.25, 0.3) is 0 Å². The molecule has 2 atom stereocenters. The van der Waals surface area contributed by atoms with Crippen LogP contribution in [0.2, 0.25) is 0 Å². The minimum Gasteiger partial charge on any atom is -0.481 e. The highest BCUT2D eigenvalue weighted by atomic mass is 16.4. The van der Waals surface area contributed by atoms with E-state index in [-0.39, 0.29) is 12.5 Å². The highest BCUT2D eigenvalue weighted by molar-refractivity contribution is 5.77. The normalized spacial score (nSPS) is 18.7. The number of hydrogen-bond donors (Lipinski definition) is 1. The molecule has 0 aromatic heterocycles. The Morgan fingerprint density at radius 3 is 2.67 bits per heavy atom. The van der Waals surface area contributed by atoms with Gasteiger partial charge in [0.1, 0.15) is 0 Å². The van der Waals surface area contributed by atoms with E-state index in [1.165, 1.54) is 11.1 Å². The van der Waals surface area contributed by atoms with Gasteiger partial charge in [0, 0.05) is 20.0 Å². The Morgan fingerprint density at radius 2 is 2.00 bits per heavy atom. The SMILES string of the molecule is CC(CN(C)C(=O)CC1CCc2ccccc2C1)C(=O)O. The summed E-state index contributed by atoms with van der Waals surface area (Å²) in [6, 6.07) is 8.41. The first-order valence-electron chi connectivity index (χ1n) is 7.51. The molecule has 0 saturated carbocycles. The molecule has 1 aromatic carbocycles. The van der Waals surface area contributed by atoms with E-state index in [0.717, 1.165) is 19.3 Å². The molecule has 0 saturated heterocycles. The number of rotatable bonds is 5. The number of amides is 1. The molecule has 0 fully saturated rings. The number of aryl methyl sites for hydroxylation is 1. The fourth-order valence-corrected chi connectivity index (χ4v) is 2.94. The van der Waals surface area contributed by atoms with Crippen molar-refractivity contribution in [1.82, 2.24) is 4.90 Å². The van der Waals surface area contributed by atoms with Crippen molar-refractivity contribution in [1.29, 1.82) is 0 Å². The average molecular weight is 289 g/mol. The Balaban J connectivity index is 1.88. The molecule has 4 nitrogen and oxygen atoms in total. The number of fused-ring (bicyclic) bond motifs is 1. The molecule has 1 amide bonds. The largest absolute Gasteiger partial charge is 0.481 e. The van der Waals surface area contributed by atoms with Crippen LogP contribution in [0.15, 0.2) is 24.3 Å². The van der Waals surface area contributed by atoms with Gasteiger partial charge in [0.15, 0.2) is 0 Å². The lowest BCUT2D eigenvalue weighted by Gasteiger charge is -2.26. The number of carboxylic acid groups (broad SMARTS) is 1. The average Bonchev–Trinajstić information content (AvgIpc) is 2.46. The van der Waals surface area contributed by atoms with Crippen LogP contribution in [0.4, 0.5) is 0 Å². The number of carboxylic acids is 1.